The Hall–Kier alpha value is -12.9. The van der Waals surface area contributed by atoms with Crippen molar-refractivity contribution in [3.8, 4) is 89.0 Å². The zero-order chi connectivity index (χ0) is 90.6. The fraction of sp³-hybridized carbons (Fsp3) is 0.262. The maximum Gasteiger partial charge on any atom is 0.0701 e. The van der Waals surface area contributed by atoms with E-state index in [2.05, 4.69) is 445 Å². The van der Waals surface area contributed by atoms with Gasteiger partial charge in [0.05, 0.1) is 5.41 Å². The first-order chi connectivity index (χ1) is 64.7. The second kappa shape index (κ2) is 36.0. The van der Waals surface area contributed by atoms with Gasteiger partial charge in [0.25, 0.3) is 0 Å². The Morgan fingerprint density at radius 3 is 0.636 bits per heavy atom. The molecule has 0 heterocycles. The lowest BCUT2D eigenvalue weighted by atomic mass is 9.65. The van der Waals surface area contributed by atoms with Crippen LogP contribution in [0.5, 0.6) is 0 Å². The molecule has 2 heteroatoms. The summed E-state index contributed by atoms with van der Waals surface area (Å²) in [7, 11) is 0. The molecule has 4 aliphatic carbocycles. The van der Waals surface area contributed by atoms with Gasteiger partial charge in [0.2, 0.25) is 0 Å². The summed E-state index contributed by atoms with van der Waals surface area (Å²) in [6.45, 7) is 28.4. The summed E-state index contributed by atoms with van der Waals surface area (Å²) in [5, 5.41) is 0. The van der Waals surface area contributed by atoms with Crippen molar-refractivity contribution in [3.63, 3.8) is 0 Å². The minimum absolute atomic E-state index is 0.201. The number of benzene rings is 16. The second-order valence-electron chi connectivity index (χ2n) is 38.6. The van der Waals surface area contributed by atoms with Crippen LogP contribution < -0.4 is 9.80 Å². The van der Waals surface area contributed by atoms with E-state index in [9.17, 15) is 0 Å². The van der Waals surface area contributed by atoms with Crippen LogP contribution in [-0.2, 0) is 46.3 Å². The second-order valence-corrected chi connectivity index (χ2v) is 38.6. The largest absolute Gasteiger partial charge is 0.310 e. The lowest BCUT2D eigenvalue weighted by Gasteiger charge is -2.38. The standard InChI is InChI=1S/C130H128N2/c1-13-24-33-89-42-50-93(51-43-89)97-57-73-111-115-77-69-107(85-123(115)127(18-6,19-7)119(111)81-97)131(106-68-76-114-110-72-56-96(92-48-40-88(12)41-49-92)80-118(110)126(16-4,17-5)122(114)84-106)104-64-60-102(61-65-104)130(100-36-29-27-30-37-100,101-38-31-28-32-39-101)103-62-66-105(67-63-103)132(108-70-78-116-112-74-58-98(94-52-44-90(45-53-94)34-25-14-2)82-120(112)128(20-8,21-9)124(116)86-108)109-71-79-117-113-75-59-99(95-54-46-91(47-55-95)35-26-15-3)83-121(113)129(22-10,23-11)125(117)87-109/h27-32,36-87H,13-26,33-35H2,1-12H3. The van der Waals surface area contributed by atoms with Gasteiger partial charge in [-0.1, -0.05) is 356 Å². The minimum Gasteiger partial charge on any atom is -0.310 e. The molecule has 0 amide bonds. The Kier molecular flexibility index (Phi) is 23.8. The number of unbranched alkanes of at least 4 members (excludes halogenated alkanes) is 3. The van der Waals surface area contributed by atoms with E-state index in [1.807, 2.05) is 0 Å². The molecule has 0 aromatic heterocycles. The number of anilines is 6. The Morgan fingerprint density at radius 1 is 0.197 bits per heavy atom. The van der Waals surface area contributed by atoms with E-state index in [0.29, 0.717) is 0 Å². The molecular weight excluding hydrogens is 1590 g/mol. The number of hydrogen-bond acceptors (Lipinski definition) is 2. The van der Waals surface area contributed by atoms with Gasteiger partial charge in [-0.2, -0.15) is 0 Å². The fourth-order valence-corrected chi connectivity index (χ4v) is 24.7. The first-order valence-corrected chi connectivity index (χ1v) is 50.2. The normalized spacial score (nSPS) is 14.1. The molecule has 4 aliphatic rings. The molecule has 0 radical (unpaired) electrons. The summed E-state index contributed by atoms with van der Waals surface area (Å²) in [6, 6.07) is 139. The van der Waals surface area contributed by atoms with Gasteiger partial charge in [-0.25, -0.2) is 0 Å². The molecular formula is C130H128N2. The summed E-state index contributed by atoms with van der Waals surface area (Å²) in [5.74, 6) is 0. The summed E-state index contributed by atoms with van der Waals surface area (Å²) in [4.78, 5) is 5.21. The van der Waals surface area contributed by atoms with Gasteiger partial charge in [-0.05, 0) is 366 Å². The predicted octanol–water partition coefficient (Wildman–Crippen LogP) is 36.4. The molecule has 658 valence electrons. The highest BCUT2D eigenvalue weighted by Crippen LogP contribution is 2.62. The lowest BCUT2D eigenvalue weighted by molar-refractivity contribution is 0.490. The van der Waals surface area contributed by atoms with Crippen molar-refractivity contribution < 1.29 is 0 Å². The van der Waals surface area contributed by atoms with E-state index in [1.165, 1.54) is 217 Å². The van der Waals surface area contributed by atoms with Crippen molar-refractivity contribution >= 4 is 34.1 Å². The Labute approximate surface area is 787 Å². The molecule has 0 atom stereocenters. The van der Waals surface area contributed by atoms with Gasteiger partial charge < -0.3 is 9.80 Å². The molecule has 16 aromatic carbocycles. The van der Waals surface area contributed by atoms with Crippen molar-refractivity contribution in [2.45, 2.75) is 219 Å². The van der Waals surface area contributed by atoms with E-state index in [1.54, 1.807) is 0 Å². The lowest BCUT2D eigenvalue weighted by Crippen LogP contribution is -2.31. The highest BCUT2D eigenvalue weighted by atomic mass is 15.1. The third kappa shape index (κ3) is 14.4. The molecule has 2 nitrogen and oxygen atoms in total. The zero-order valence-electron chi connectivity index (χ0n) is 79.9. The van der Waals surface area contributed by atoms with Crippen LogP contribution in [-0.4, -0.2) is 0 Å². The van der Waals surface area contributed by atoms with Crippen LogP contribution in [0.1, 0.15) is 255 Å². The van der Waals surface area contributed by atoms with Gasteiger partial charge in [0, 0.05) is 55.8 Å². The quantitative estimate of drug-likeness (QED) is 0.0400. The maximum absolute atomic E-state index is 2.61. The molecule has 0 saturated carbocycles. The van der Waals surface area contributed by atoms with E-state index in [0.717, 1.165) is 105 Å². The monoisotopic (exact) mass is 1720 g/mol. The summed E-state index contributed by atoms with van der Waals surface area (Å²) < 4.78 is 0. The van der Waals surface area contributed by atoms with E-state index < -0.39 is 5.41 Å². The average molecular weight is 1720 g/mol. The predicted molar refractivity (Wildman–Crippen MR) is 564 cm³/mol. The first kappa shape index (κ1) is 87.1. The van der Waals surface area contributed by atoms with Crippen LogP contribution in [0.25, 0.3) is 89.0 Å². The van der Waals surface area contributed by atoms with Gasteiger partial charge in [0.1, 0.15) is 0 Å². The topological polar surface area (TPSA) is 6.48 Å². The molecule has 0 spiro atoms. The van der Waals surface area contributed by atoms with Crippen molar-refractivity contribution in [3.05, 3.63) is 441 Å². The molecule has 20 rings (SSSR count). The van der Waals surface area contributed by atoms with Crippen molar-refractivity contribution in [2.24, 2.45) is 0 Å². The third-order valence-electron chi connectivity index (χ3n) is 32.5. The van der Waals surface area contributed by atoms with Crippen LogP contribution >= 0.6 is 0 Å². The van der Waals surface area contributed by atoms with Crippen LogP contribution in [0.2, 0.25) is 0 Å². The molecule has 16 aromatic rings. The number of rotatable bonds is 31. The minimum atomic E-state index is -0.778. The first-order valence-electron chi connectivity index (χ1n) is 50.2. The van der Waals surface area contributed by atoms with Gasteiger partial charge in [-0.15, -0.1) is 0 Å². The van der Waals surface area contributed by atoms with E-state index >= 15 is 0 Å². The highest BCUT2D eigenvalue weighted by Gasteiger charge is 2.47. The van der Waals surface area contributed by atoms with Crippen LogP contribution in [0.4, 0.5) is 34.1 Å². The number of nitrogens with zero attached hydrogens (tertiary/aromatic N) is 2. The van der Waals surface area contributed by atoms with Crippen LogP contribution in [0.15, 0.2) is 352 Å². The van der Waals surface area contributed by atoms with E-state index in [-0.39, 0.29) is 21.7 Å². The van der Waals surface area contributed by atoms with Crippen LogP contribution in [0, 0.1) is 6.92 Å². The summed E-state index contributed by atoms with van der Waals surface area (Å²) in [5.41, 5.74) is 47.9. The SMILES string of the molecule is CCCCc1ccc(-c2ccc3c(c2)C(CC)(CC)c2cc(N(c4ccc(C(c5ccccc5)(c5ccccc5)c5ccc(N(c6ccc7c(c6)C(CC)(CC)c6cc(-c8ccc(CCCC)cc8)ccc6-7)c6ccc7c(c6)C(CC)(CC)c6cc(-c8ccc(CCCC)cc8)ccc6-7)cc5)cc4)c4ccc5c(c4)C(CC)(CC)c4cc(-c6ccc(C)cc6)ccc4-5)ccc2-3)cc1. The molecule has 0 fully saturated rings. The van der Waals surface area contributed by atoms with Crippen molar-refractivity contribution in [1.29, 1.82) is 0 Å². The highest BCUT2D eigenvalue weighted by molar-refractivity contribution is 5.94. The molecule has 0 N–H and O–H groups in total. The average Bonchev–Trinajstić information content (AvgIpc) is 1.55. The van der Waals surface area contributed by atoms with Crippen molar-refractivity contribution in [2.75, 3.05) is 9.80 Å². The Bertz CT molecular complexity index is 6640. The molecule has 0 saturated heterocycles. The van der Waals surface area contributed by atoms with Crippen LogP contribution in [0.3, 0.4) is 0 Å². The summed E-state index contributed by atoms with van der Waals surface area (Å²) in [6.07, 6.45) is 18.4. The smallest absolute Gasteiger partial charge is 0.0701 e. The van der Waals surface area contributed by atoms with Crippen molar-refractivity contribution in [1.82, 2.24) is 0 Å². The molecule has 0 aliphatic heterocycles. The Morgan fingerprint density at radius 2 is 0.402 bits per heavy atom. The van der Waals surface area contributed by atoms with E-state index in [4.69, 9.17) is 0 Å². The zero-order valence-corrected chi connectivity index (χ0v) is 79.9. The van der Waals surface area contributed by atoms with Gasteiger partial charge >= 0.3 is 0 Å². The van der Waals surface area contributed by atoms with Gasteiger partial charge in [0.15, 0.2) is 0 Å². The maximum atomic E-state index is 2.61. The molecule has 0 unspecified atom stereocenters. The number of aryl methyl sites for hydroxylation is 4. The number of fused-ring (bicyclic) bond motifs is 12. The van der Waals surface area contributed by atoms with Gasteiger partial charge in [-0.3, -0.25) is 0 Å². The number of hydrogen-bond donors (Lipinski definition) is 0. The third-order valence-corrected chi connectivity index (χ3v) is 32.5. The summed E-state index contributed by atoms with van der Waals surface area (Å²) >= 11 is 0. The molecule has 132 heavy (non-hydrogen) atoms. The Balaban J connectivity index is 0.736. The molecule has 0 bridgehead atoms. The fourth-order valence-electron chi connectivity index (χ4n) is 24.7.